The lowest BCUT2D eigenvalue weighted by Crippen LogP contribution is -2.36. The molecule has 0 radical (unpaired) electrons. The molecular formula is C35H46FN3O4. The maximum atomic E-state index is 14.7. The second-order valence-corrected chi connectivity index (χ2v) is 13.3. The highest BCUT2D eigenvalue weighted by Crippen LogP contribution is 2.42. The van der Waals surface area contributed by atoms with Gasteiger partial charge in [-0.2, -0.15) is 0 Å². The Hall–Kier alpha value is -2.52. The summed E-state index contributed by atoms with van der Waals surface area (Å²) < 4.78 is 34.2. The molecule has 232 valence electrons. The molecule has 1 N–H and O–H groups in total. The molecule has 7 nitrogen and oxygen atoms in total. The van der Waals surface area contributed by atoms with Crippen molar-refractivity contribution in [1.82, 2.24) is 14.5 Å². The lowest BCUT2D eigenvalue weighted by Gasteiger charge is -2.34. The van der Waals surface area contributed by atoms with E-state index in [2.05, 4.69) is 21.6 Å². The summed E-state index contributed by atoms with van der Waals surface area (Å²) in [5.74, 6) is 3.08. The second-order valence-electron chi connectivity index (χ2n) is 13.3. The molecule has 43 heavy (non-hydrogen) atoms. The molecule has 0 amide bonds. The summed E-state index contributed by atoms with van der Waals surface area (Å²) >= 11 is 0. The van der Waals surface area contributed by atoms with Crippen LogP contribution in [0.4, 0.5) is 4.39 Å². The van der Waals surface area contributed by atoms with Crippen molar-refractivity contribution in [2.24, 2.45) is 17.8 Å². The van der Waals surface area contributed by atoms with Gasteiger partial charge in [-0.05, 0) is 107 Å². The number of aromatic nitrogens is 2. The van der Waals surface area contributed by atoms with Gasteiger partial charge in [-0.15, -0.1) is 0 Å². The van der Waals surface area contributed by atoms with Crippen LogP contribution in [-0.4, -0.2) is 65.4 Å². The Morgan fingerprint density at radius 2 is 1.86 bits per heavy atom. The molecule has 0 aromatic carbocycles. The molecule has 0 spiro atoms. The largest absolute Gasteiger partial charge is 0.489 e. The standard InChI is InChI=1S/C35H46FN3O4/c1-41-35(40)27-9-10-32-33(19-27)39(20-30-13-16-42-30)34(37-32)21-38-14-11-24(12-15-38)25-3-2-4-29(17-25)43-22-28-8-7-26(18-31(28)36)23-5-6-23/h4,9-10,17-18,23-24,27,30,35,40H,2-3,5-8,11-16,19-22H2,1H3. The normalized spacial score (nSPS) is 27.3. The topological polar surface area (TPSA) is 69.0 Å². The smallest absolute Gasteiger partial charge is 0.160 e. The van der Waals surface area contributed by atoms with Crippen molar-refractivity contribution in [2.45, 2.75) is 89.7 Å². The third kappa shape index (κ3) is 6.63. The van der Waals surface area contributed by atoms with Gasteiger partial charge in [-0.1, -0.05) is 17.2 Å². The minimum atomic E-state index is -0.812. The number of hydrogen-bond donors (Lipinski definition) is 1. The van der Waals surface area contributed by atoms with E-state index in [-0.39, 0.29) is 17.8 Å². The van der Waals surface area contributed by atoms with E-state index < -0.39 is 6.29 Å². The van der Waals surface area contributed by atoms with E-state index in [1.165, 1.54) is 29.7 Å². The van der Waals surface area contributed by atoms with Crippen LogP contribution in [0.3, 0.4) is 0 Å². The highest BCUT2D eigenvalue weighted by molar-refractivity contribution is 5.52. The van der Waals surface area contributed by atoms with Crippen LogP contribution in [-0.2, 0) is 33.7 Å². The SMILES string of the molecule is COC(O)C1C=Cc2nc(CN3CCC(C4=CC(OCC5=C(F)C=C(C6CC6)CC5)=CCC4)CC3)n(CC3CCO3)c2C1. The van der Waals surface area contributed by atoms with Gasteiger partial charge in [0.05, 0.1) is 24.9 Å². The quantitative estimate of drug-likeness (QED) is 0.318. The first-order valence-electron chi connectivity index (χ1n) is 16.5. The number of methoxy groups -OCH3 is 1. The Labute approximate surface area is 254 Å². The fraction of sp³-hybridized carbons (Fsp3) is 0.629. The van der Waals surface area contributed by atoms with E-state index in [9.17, 15) is 9.50 Å². The van der Waals surface area contributed by atoms with Crippen molar-refractivity contribution in [3.63, 3.8) is 0 Å². The van der Waals surface area contributed by atoms with E-state index in [4.69, 9.17) is 19.2 Å². The molecule has 3 fully saturated rings. The highest BCUT2D eigenvalue weighted by atomic mass is 19.1. The number of ether oxygens (including phenoxy) is 3. The number of likely N-dealkylation sites (tertiary alicyclic amines) is 1. The van der Waals surface area contributed by atoms with Gasteiger partial charge < -0.3 is 23.9 Å². The molecular weight excluding hydrogens is 545 g/mol. The summed E-state index contributed by atoms with van der Waals surface area (Å²) in [6.45, 7) is 4.90. The Kier molecular flexibility index (Phi) is 8.72. The van der Waals surface area contributed by atoms with Crippen LogP contribution in [0.2, 0.25) is 0 Å². The first-order chi connectivity index (χ1) is 21.0. The molecule has 1 aromatic rings. The van der Waals surface area contributed by atoms with Crippen LogP contribution in [0.25, 0.3) is 6.08 Å². The van der Waals surface area contributed by atoms with Crippen LogP contribution < -0.4 is 0 Å². The van der Waals surface area contributed by atoms with Gasteiger partial charge in [0.1, 0.15) is 24.0 Å². The van der Waals surface area contributed by atoms with Crippen molar-refractivity contribution < 1.29 is 23.7 Å². The zero-order valence-corrected chi connectivity index (χ0v) is 25.5. The number of halogens is 1. The Morgan fingerprint density at radius 1 is 1.07 bits per heavy atom. The van der Waals surface area contributed by atoms with Crippen molar-refractivity contribution in [3.8, 4) is 0 Å². The van der Waals surface area contributed by atoms with Gasteiger partial charge in [-0.3, -0.25) is 4.90 Å². The number of nitrogens with zero attached hydrogens (tertiary/aromatic N) is 3. The van der Waals surface area contributed by atoms with Gasteiger partial charge >= 0.3 is 0 Å². The molecule has 3 heterocycles. The van der Waals surface area contributed by atoms with Crippen LogP contribution >= 0.6 is 0 Å². The predicted molar refractivity (Wildman–Crippen MR) is 163 cm³/mol. The summed E-state index contributed by atoms with van der Waals surface area (Å²) in [7, 11) is 1.55. The minimum absolute atomic E-state index is 0.0637. The number of aliphatic hydroxyl groups is 1. The number of allylic oxidation sites excluding steroid dienone is 6. The molecule has 7 rings (SSSR count). The van der Waals surface area contributed by atoms with Crippen LogP contribution in [0.15, 0.2) is 52.6 Å². The third-order valence-corrected chi connectivity index (χ3v) is 10.4. The summed E-state index contributed by atoms with van der Waals surface area (Å²) in [6.07, 6.45) is 20.1. The number of piperidine rings is 1. The maximum Gasteiger partial charge on any atom is 0.160 e. The number of rotatable bonds is 11. The average molecular weight is 592 g/mol. The molecule has 2 aliphatic heterocycles. The molecule has 6 aliphatic rings. The molecule has 2 saturated heterocycles. The molecule has 4 aliphatic carbocycles. The predicted octanol–water partition coefficient (Wildman–Crippen LogP) is 6.01. The lowest BCUT2D eigenvalue weighted by atomic mass is 9.84. The Balaban J connectivity index is 0.953. The average Bonchev–Trinajstić information content (AvgIpc) is 3.81. The van der Waals surface area contributed by atoms with Crippen molar-refractivity contribution in [2.75, 3.05) is 33.4 Å². The number of fused-ring (bicyclic) bond motifs is 1. The van der Waals surface area contributed by atoms with E-state index in [1.807, 2.05) is 12.2 Å². The highest BCUT2D eigenvalue weighted by Gasteiger charge is 2.31. The zero-order valence-electron chi connectivity index (χ0n) is 25.5. The third-order valence-electron chi connectivity index (χ3n) is 10.4. The van der Waals surface area contributed by atoms with Gasteiger partial charge in [-0.25, -0.2) is 9.37 Å². The minimum Gasteiger partial charge on any atom is -0.489 e. The fourth-order valence-electron chi connectivity index (χ4n) is 7.37. The molecule has 1 aromatic heterocycles. The summed E-state index contributed by atoms with van der Waals surface area (Å²) in [5.41, 5.74) is 5.79. The fourth-order valence-corrected chi connectivity index (χ4v) is 7.37. The van der Waals surface area contributed by atoms with E-state index >= 15 is 0 Å². The summed E-state index contributed by atoms with van der Waals surface area (Å²) in [4.78, 5) is 7.60. The van der Waals surface area contributed by atoms with E-state index in [1.54, 1.807) is 13.2 Å². The monoisotopic (exact) mass is 591 g/mol. The first kappa shape index (κ1) is 29.2. The van der Waals surface area contributed by atoms with Crippen molar-refractivity contribution >= 4 is 6.08 Å². The molecule has 3 unspecified atom stereocenters. The van der Waals surface area contributed by atoms with Gasteiger partial charge in [0.15, 0.2) is 6.29 Å². The summed E-state index contributed by atoms with van der Waals surface area (Å²) in [6, 6.07) is 0. The van der Waals surface area contributed by atoms with Crippen LogP contribution in [0.5, 0.6) is 0 Å². The molecule has 8 heteroatoms. The van der Waals surface area contributed by atoms with Gasteiger partial charge in [0, 0.05) is 37.3 Å². The zero-order chi connectivity index (χ0) is 29.3. The van der Waals surface area contributed by atoms with E-state index in [0.29, 0.717) is 18.4 Å². The molecule has 0 bridgehead atoms. The maximum absolute atomic E-state index is 14.7. The van der Waals surface area contributed by atoms with Gasteiger partial charge in [0.25, 0.3) is 0 Å². The Morgan fingerprint density at radius 3 is 2.58 bits per heavy atom. The number of aliphatic hydroxyl groups excluding tert-OH is 1. The Bertz CT molecular complexity index is 1340. The van der Waals surface area contributed by atoms with Crippen LogP contribution in [0, 0.1) is 17.8 Å². The molecule has 3 atom stereocenters. The molecule has 1 saturated carbocycles. The second kappa shape index (κ2) is 12.8. The van der Waals surface area contributed by atoms with E-state index in [0.717, 1.165) is 107 Å². The van der Waals surface area contributed by atoms with Crippen molar-refractivity contribution in [3.05, 3.63) is 69.8 Å². The van der Waals surface area contributed by atoms with Crippen molar-refractivity contribution in [1.29, 1.82) is 0 Å². The number of hydrogen-bond acceptors (Lipinski definition) is 6. The lowest BCUT2D eigenvalue weighted by molar-refractivity contribution is -0.101. The van der Waals surface area contributed by atoms with Crippen LogP contribution in [0.1, 0.15) is 75.0 Å². The number of imidazole rings is 1. The summed E-state index contributed by atoms with van der Waals surface area (Å²) in [5, 5.41) is 10.3. The first-order valence-corrected chi connectivity index (χ1v) is 16.5. The van der Waals surface area contributed by atoms with Gasteiger partial charge in [0.2, 0.25) is 0 Å².